The number of carbonyl (C=O) groups excluding carboxylic acids is 2. The number of amides is 2. The first-order valence-corrected chi connectivity index (χ1v) is 11.4. The third-order valence-electron chi connectivity index (χ3n) is 5.28. The van der Waals surface area contributed by atoms with Crippen LogP contribution in [-0.2, 0) is 29.0 Å². The summed E-state index contributed by atoms with van der Waals surface area (Å²) in [6, 6.07) is 19.7. The van der Waals surface area contributed by atoms with Gasteiger partial charge in [0.1, 0.15) is 11.9 Å². The molecule has 0 bridgehead atoms. The Balaban J connectivity index is 1.98. The Morgan fingerprint density at radius 3 is 2.15 bits per heavy atom. The Kier molecular flexibility index (Phi) is 8.87. The molecule has 0 fully saturated rings. The molecular formula is C26H25Cl2FN2O2. The van der Waals surface area contributed by atoms with Crippen LogP contribution in [0, 0.1) is 5.82 Å². The Morgan fingerprint density at radius 1 is 0.909 bits per heavy atom. The van der Waals surface area contributed by atoms with Crippen LogP contribution < -0.4 is 5.32 Å². The lowest BCUT2D eigenvalue weighted by Gasteiger charge is -2.31. The van der Waals surface area contributed by atoms with E-state index in [-0.39, 0.29) is 30.6 Å². The number of rotatable bonds is 9. The molecule has 0 radical (unpaired) electrons. The number of carbonyl (C=O) groups is 2. The van der Waals surface area contributed by atoms with Gasteiger partial charge in [-0.2, -0.15) is 0 Å². The first-order chi connectivity index (χ1) is 15.9. The molecule has 3 aromatic rings. The minimum Gasteiger partial charge on any atom is -0.355 e. The zero-order valence-electron chi connectivity index (χ0n) is 18.2. The number of nitrogens with one attached hydrogen (secondary N) is 1. The van der Waals surface area contributed by atoms with E-state index in [1.54, 1.807) is 30.3 Å². The van der Waals surface area contributed by atoms with E-state index in [0.717, 1.165) is 5.56 Å². The van der Waals surface area contributed by atoms with Crippen molar-refractivity contribution in [2.75, 3.05) is 6.54 Å². The molecule has 0 aliphatic heterocycles. The highest BCUT2D eigenvalue weighted by molar-refractivity contribution is 6.36. The van der Waals surface area contributed by atoms with E-state index >= 15 is 0 Å². The fraction of sp³-hybridized carbons (Fsp3) is 0.231. The number of benzene rings is 3. The Bertz CT molecular complexity index is 1070. The average molecular weight is 487 g/mol. The summed E-state index contributed by atoms with van der Waals surface area (Å²) in [7, 11) is 0. The Labute approximate surface area is 203 Å². The van der Waals surface area contributed by atoms with Crippen LogP contribution in [0.15, 0.2) is 72.8 Å². The largest absolute Gasteiger partial charge is 0.355 e. The summed E-state index contributed by atoms with van der Waals surface area (Å²) in [5, 5.41) is 3.61. The highest BCUT2D eigenvalue weighted by Gasteiger charge is 2.30. The lowest BCUT2D eigenvalue weighted by molar-refractivity contribution is -0.140. The predicted octanol–water partition coefficient (Wildman–Crippen LogP) is 5.45. The van der Waals surface area contributed by atoms with Crippen LogP contribution in [0.25, 0.3) is 0 Å². The number of hydrogen-bond donors (Lipinski definition) is 1. The van der Waals surface area contributed by atoms with E-state index in [0.29, 0.717) is 34.1 Å². The van der Waals surface area contributed by atoms with Gasteiger partial charge in [0.2, 0.25) is 11.8 Å². The maximum Gasteiger partial charge on any atom is 0.243 e. The third kappa shape index (κ3) is 6.80. The molecule has 0 aromatic heterocycles. The summed E-state index contributed by atoms with van der Waals surface area (Å²) in [5.74, 6) is -0.937. The van der Waals surface area contributed by atoms with Gasteiger partial charge in [0.05, 0.1) is 6.42 Å². The summed E-state index contributed by atoms with van der Waals surface area (Å²) in [6.07, 6.45) is 0.264. The van der Waals surface area contributed by atoms with E-state index in [1.165, 1.54) is 17.0 Å². The fourth-order valence-electron chi connectivity index (χ4n) is 3.59. The molecule has 0 spiro atoms. The topological polar surface area (TPSA) is 49.4 Å². The van der Waals surface area contributed by atoms with Gasteiger partial charge in [-0.3, -0.25) is 9.59 Å². The van der Waals surface area contributed by atoms with Crippen molar-refractivity contribution >= 4 is 35.0 Å². The van der Waals surface area contributed by atoms with Gasteiger partial charge in [-0.1, -0.05) is 71.7 Å². The molecule has 33 heavy (non-hydrogen) atoms. The van der Waals surface area contributed by atoms with Gasteiger partial charge < -0.3 is 10.2 Å². The zero-order chi connectivity index (χ0) is 23.8. The molecule has 0 saturated carbocycles. The highest BCUT2D eigenvalue weighted by Crippen LogP contribution is 2.26. The molecule has 3 rings (SSSR count). The molecule has 0 heterocycles. The molecule has 2 amide bonds. The second-order valence-corrected chi connectivity index (χ2v) is 8.44. The van der Waals surface area contributed by atoms with Gasteiger partial charge >= 0.3 is 0 Å². The van der Waals surface area contributed by atoms with E-state index < -0.39 is 6.04 Å². The second kappa shape index (κ2) is 11.8. The molecule has 0 saturated heterocycles. The first kappa shape index (κ1) is 24.7. The SMILES string of the molecule is CCNC(=O)C(Cc1ccccc1)N(Cc1ccc(F)cc1)C(=O)Cc1c(Cl)cccc1Cl. The van der Waals surface area contributed by atoms with E-state index in [4.69, 9.17) is 23.2 Å². The Morgan fingerprint density at radius 2 is 1.55 bits per heavy atom. The summed E-state index contributed by atoms with van der Waals surface area (Å²) in [4.78, 5) is 28.2. The van der Waals surface area contributed by atoms with Gasteiger partial charge in [0.25, 0.3) is 0 Å². The number of hydrogen-bond acceptors (Lipinski definition) is 2. The Hall–Kier alpha value is -2.89. The van der Waals surface area contributed by atoms with Crippen LogP contribution in [0.5, 0.6) is 0 Å². The summed E-state index contributed by atoms with van der Waals surface area (Å²) in [6.45, 7) is 2.39. The number of halogens is 3. The smallest absolute Gasteiger partial charge is 0.243 e. The molecular weight excluding hydrogens is 462 g/mol. The molecule has 1 unspecified atom stereocenters. The van der Waals surface area contributed by atoms with Crippen molar-refractivity contribution in [3.05, 3.63) is 105 Å². The van der Waals surface area contributed by atoms with Gasteiger partial charge in [-0.15, -0.1) is 0 Å². The summed E-state index contributed by atoms with van der Waals surface area (Å²) in [5.41, 5.74) is 2.13. The van der Waals surface area contributed by atoms with Crippen LogP contribution in [-0.4, -0.2) is 29.3 Å². The van der Waals surface area contributed by atoms with E-state index in [9.17, 15) is 14.0 Å². The zero-order valence-corrected chi connectivity index (χ0v) is 19.7. The molecule has 3 aromatic carbocycles. The maximum absolute atomic E-state index is 13.6. The van der Waals surface area contributed by atoms with Crippen molar-refractivity contribution in [1.29, 1.82) is 0 Å². The molecule has 1 atom stereocenters. The van der Waals surface area contributed by atoms with Crippen LogP contribution >= 0.6 is 23.2 Å². The average Bonchev–Trinajstić information content (AvgIpc) is 2.80. The molecule has 1 N–H and O–H groups in total. The van der Waals surface area contributed by atoms with Crippen molar-refractivity contribution in [3.63, 3.8) is 0 Å². The molecule has 0 aliphatic carbocycles. The predicted molar refractivity (Wildman–Crippen MR) is 130 cm³/mol. The van der Waals surface area contributed by atoms with Gasteiger partial charge in [-0.05, 0) is 47.9 Å². The lowest BCUT2D eigenvalue weighted by Crippen LogP contribution is -2.51. The quantitative estimate of drug-likeness (QED) is 0.437. The standard InChI is InChI=1S/C26H25Cl2FN2O2/c1-2-30-26(33)24(15-18-7-4-3-5-8-18)31(17-19-11-13-20(29)14-12-19)25(32)16-21-22(27)9-6-10-23(21)28/h3-14,24H,2,15-17H2,1H3,(H,30,33). The van der Waals surface area contributed by atoms with Crippen LogP contribution in [0.3, 0.4) is 0 Å². The van der Waals surface area contributed by atoms with Gasteiger partial charge in [-0.25, -0.2) is 4.39 Å². The monoisotopic (exact) mass is 486 g/mol. The minimum atomic E-state index is -0.772. The third-order valence-corrected chi connectivity index (χ3v) is 5.99. The van der Waals surface area contributed by atoms with Crippen molar-refractivity contribution in [2.24, 2.45) is 0 Å². The minimum absolute atomic E-state index is 0.0651. The number of nitrogens with zero attached hydrogens (tertiary/aromatic N) is 1. The highest BCUT2D eigenvalue weighted by atomic mass is 35.5. The van der Waals surface area contributed by atoms with Crippen molar-refractivity contribution in [1.82, 2.24) is 10.2 Å². The van der Waals surface area contributed by atoms with Crippen molar-refractivity contribution < 1.29 is 14.0 Å². The molecule has 172 valence electrons. The maximum atomic E-state index is 13.6. The summed E-state index contributed by atoms with van der Waals surface area (Å²) < 4.78 is 13.5. The van der Waals surface area contributed by atoms with E-state index in [2.05, 4.69) is 5.32 Å². The van der Waals surface area contributed by atoms with E-state index in [1.807, 2.05) is 37.3 Å². The van der Waals surface area contributed by atoms with Crippen molar-refractivity contribution in [3.8, 4) is 0 Å². The van der Waals surface area contributed by atoms with Gasteiger partial charge in [0, 0.05) is 29.6 Å². The summed E-state index contributed by atoms with van der Waals surface area (Å²) >= 11 is 12.6. The van der Waals surface area contributed by atoms with Crippen LogP contribution in [0.1, 0.15) is 23.6 Å². The van der Waals surface area contributed by atoms with Crippen LogP contribution in [0.2, 0.25) is 10.0 Å². The second-order valence-electron chi connectivity index (χ2n) is 7.63. The number of likely N-dealkylation sites (N-methyl/N-ethyl adjacent to an activating group) is 1. The van der Waals surface area contributed by atoms with Crippen molar-refractivity contribution in [2.45, 2.75) is 32.4 Å². The molecule has 0 aliphatic rings. The van der Waals surface area contributed by atoms with Crippen LogP contribution in [0.4, 0.5) is 4.39 Å². The first-order valence-electron chi connectivity index (χ1n) is 10.7. The lowest BCUT2D eigenvalue weighted by atomic mass is 10.0. The normalized spacial score (nSPS) is 11.6. The fourth-order valence-corrected chi connectivity index (χ4v) is 4.12. The van der Waals surface area contributed by atoms with Gasteiger partial charge in [0.15, 0.2) is 0 Å². The molecule has 4 nitrogen and oxygen atoms in total. The molecule has 7 heteroatoms.